The van der Waals surface area contributed by atoms with Crippen LogP contribution >= 0.6 is 11.8 Å². The minimum atomic E-state index is 0.490. The molecule has 0 aliphatic rings. The van der Waals surface area contributed by atoms with Crippen molar-refractivity contribution in [2.75, 3.05) is 18.6 Å². The van der Waals surface area contributed by atoms with Gasteiger partial charge in [0.1, 0.15) is 11.8 Å². The first kappa shape index (κ1) is 14.0. The number of hydrogen-bond donors (Lipinski definition) is 1. The number of rotatable bonds is 8. The van der Waals surface area contributed by atoms with Crippen molar-refractivity contribution < 1.29 is 0 Å². The van der Waals surface area contributed by atoms with Gasteiger partial charge in [0.25, 0.3) is 0 Å². The van der Waals surface area contributed by atoms with Crippen LogP contribution in [-0.4, -0.2) is 23.5 Å². The number of thioether (sulfide) groups is 1. The molecule has 0 atom stereocenters. The maximum atomic E-state index is 8.72. The topological polar surface area (TPSA) is 48.7 Å². The molecule has 0 aromatic carbocycles. The van der Waals surface area contributed by atoms with Crippen LogP contribution in [0.25, 0.3) is 0 Å². The zero-order chi connectivity index (χ0) is 12.3. The summed E-state index contributed by atoms with van der Waals surface area (Å²) in [5.74, 6) is 1.26. The Balaban J connectivity index is 2.12. The van der Waals surface area contributed by atoms with Crippen LogP contribution in [0, 0.1) is 11.3 Å². The summed E-state index contributed by atoms with van der Waals surface area (Å²) in [7, 11) is 0. The number of pyridine rings is 1. The first-order valence-electron chi connectivity index (χ1n) is 5.91. The molecule has 0 unspecified atom stereocenters. The van der Waals surface area contributed by atoms with E-state index in [2.05, 4.69) is 22.6 Å². The largest absolute Gasteiger partial charge is 0.313 e. The van der Waals surface area contributed by atoms with Crippen molar-refractivity contribution in [3.05, 3.63) is 29.6 Å². The van der Waals surface area contributed by atoms with Gasteiger partial charge in [0.2, 0.25) is 0 Å². The van der Waals surface area contributed by atoms with Gasteiger partial charge in [0.15, 0.2) is 0 Å². The predicted molar refractivity (Wildman–Crippen MR) is 72.9 cm³/mol. The van der Waals surface area contributed by atoms with Crippen LogP contribution in [-0.2, 0) is 6.54 Å². The van der Waals surface area contributed by atoms with E-state index < -0.39 is 0 Å². The van der Waals surface area contributed by atoms with Crippen molar-refractivity contribution >= 4 is 11.8 Å². The van der Waals surface area contributed by atoms with E-state index in [4.69, 9.17) is 5.26 Å². The van der Waals surface area contributed by atoms with Gasteiger partial charge in [-0.05, 0) is 49.1 Å². The van der Waals surface area contributed by atoms with Crippen LogP contribution in [0.5, 0.6) is 0 Å². The van der Waals surface area contributed by atoms with Gasteiger partial charge in [-0.1, -0.05) is 6.42 Å². The highest BCUT2D eigenvalue weighted by atomic mass is 32.2. The highest BCUT2D eigenvalue weighted by Crippen LogP contribution is 2.02. The van der Waals surface area contributed by atoms with Crippen LogP contribution in [0.15, 0.2) is 18.3 Å². The maximum absolute atomic E-state index is 8.72. The summed E-state index contributed by atoms with van der Waals surface area (Å²) < 4.78 is 0. The molecule has 0 saturated carbocycles. The second kappa shape index (κ2) is 9.03. The van der Waals surface area contributed by atoms with Crippen molar-refractivity contribution in [3.63, 3.8) is 0 Å². The summed E-state index contributed by atoms with van der Waals surface area (Å²) in [5, 5.41) is 12.1. The van der Waals surface area contributed by atoms with Crippen molar-refractivity contribution in [2.45, 2.75) is 25.8 Å². The summed E-state index contributed by atoms with van der Waals surface area (Å²) in [6.07, 6.45) is 7.64. The van der Waals surface area contributed by atoms with Crippen LogP contribution in [0.3, 0.4) is 0 Å². The van der Waals surface area contributed by atoms with Crippen molar-refractivity contribution in [2.24, 2.45) is 0 Å². The number of unbranched alkanes of at least 4 members (excludes halogenated alkanes) is 2. The van der Waals surface area contributed by atoms with E-state index in [9.17, 15) is 0 Å². The molecule has 0 amide bonds. The molecule has 0 saturated heterocycles. The lowest BCUT2D eigenvalue weighted by atomic mass is 10.2. The Kier molecular flexibility index (Phi) is 7.44. The minimum absolute atomic E-state index is 0.490. The van der Waals surface area contributed by atoms with Gasteiger partial charge in [-0.25, -0.2) is 4.98 Å². The van der Waals surface area contributed by atoms with E-state index in [-0.39, 0.29) is 0 Å². The molecular weight excluding hydrogens is 230 g/mol. The van der Waals surface area contributed by atoms with Gasteiger partial charge < -0.3 is 5.32 Å². The molecule has 4 heteroatoms. The third kappa shape index (κ3) is 6.30. The summed E-state index contributed by atoms with van der Waals surface area (Å²) in [6.45, 7) is 1.86. The van der Waals surface area contributed by atoms with Gasteiger partial charge in [0, 0.05) is 12.7 Å². The van der Waals surface area contributed by atoms with Gasteiger partial charge in [-0.15, -0.1) is 0 Å². The molecule has 0 bridgehead atoms. The Bertz CT molecular complexity index is 360. The molecule has 0 fully saturated rings. The molecule has 3 nitrogen and oxygen atoms in total. The maximum Gasteiger partial charge on any atom is 0.140 e. The fourth-order valence-electron chi connectivity index (χ4n) is 1.55. The molecule has 0 spiro atoms. The van der Waals surface area contributed by atoms with Crippen LogP contribution in [0.2, 0.25) is 0 Å². The molecule has 0 aliphatic carbocycles. The zero-order valence-electron chi connectivity index (χ0n) is 10.3. The Hall–Kier alpha value is -1.05. The van der Waals surface area contributed by atoms with Crippen molar-refractivity contribution in [1.29, 1.82) is 5.26 Å². The lowest BCUT2D eigenvalue weighted by molar-refractivity contribution is 0.618. The first-order valence-corrected chi connectivity index (χ1v) is 7.31. The molecule has 1 heterocycles. The van der Waals surface area contributed by atoms with E-state index in [1.165, 1.54) is 25.0 Å². The number of nitriles is 1. The monoisotopic (exact) mass is 249 g/mol. The standard InChI is InChI=1S/C13H19N3S/c1-17-8-4-2-3-6-15-11-12-5-7-16-13(9-12)10-14/h5,7,9,15H,2-4,6,8,11H2,1H3. The molecule has 17 heavy (non-hydrogen) atoms. The van der Waals surface area contributed by atoms with Crippen LogP contribution in [0.4, 0.5) is 0 Å². The second-order valence-electron chi connectivity index (χ2n) is 3.89. The van der Waals surface area contributed by atoms with E-state index in [1.807, 2.05) is 23.9 Å². The smallest absolute Gasteiger partial charge is 0.140 e. The van der Waals surface area contributed by atoms with E-state index in [0.717, 1.165) is 18.7 Å². The first-order chi connectivity index (χ1) is 8.36. The molecule has 0 radical (unpaired) electrons. The fourth-order valence-corrected chi connectivity index (χ4v) is 2.04. The average Bonchev–Trinajstić information content (AvgIpc) is 2.38. The van der Waals surface area contributed by atoms with E-state index >= 15 is 0 Å². The number of aromatic nitrogens is 1. The summed E-state index contributed by atoms with van der Waals surface area (Å²) in [4.78, 5) is 3.94. The average molecular weight is 249 g/mol. The molecule has 1 rings (SSSR count). The third-order valence-corrected chi connectivity index (χ3v) is 3.17. The quantitative estimate of drug-likeness (QED) is 0.719. The second-order valence-corrected chi connectivity index (χ2v) is 4.88. The minimum Gasteiger partial charge on any atom is -0.313 e. The van der Waals surface area contributed by atoms with Gasteiger partial charge in [-0.2, -0.15) is 17.0 Å². The third-order valence-electron chi connectivity index (χ3n) is 2.47. The SMILES string of the molecule is CSCCCCCNCc1ccnc(C#N)c1. The Morgan fingerprint density at radius 3 is 3.06 bits per heavy atom. The number of nitrogens with zero attached hydrogens (tertiary/aromatic N) is 2. The highest BCUT2D eigenvalue weighted by Gasteiger charge is 1.96. The zero-order valence-corrected chi connectivity index (χ0v) is 11.1. The van der Waals surface area contributed by atoms with Crippen LogP contribution < -0.4 is 5.32 Å². The molecule has 1 aromatic heterocycles. The normalized spacial score (nSPS) is 10.1. The molecular formula is C13H19N3S. The van der Waals surface area contributed by atoms with Gasteiger partial charge in [-0.3, -0.25) is 0 Å². The predicted octanol–water partition coefficient (Wildman–Crippen LogP) is 2.58. The molecule has 92 valence electrons. The fraction of sp³-hybridized carbons (Fsp3) is 0.538. The number of nitrogens with one attached hydrogen (secondary N) is 1. The van der Waals surface area contributed by atoms with Gasteiger partial charge >= 0.3 is 0 Å². The molecule has 0 aliphatic heterocycles. The Morgan fingerprint density at radius 1 is 1.41 bits per heavy atom. The molecule has 1 N–H and O–H groups in total. The summed E-state index contributed by atoms with van der Waals surface area (Å²) >= 11 is 1.91. The van der Waals surface area contributed by atoms with E-state index in [0.29, 0.717) is 5.69 Å². The Labute approximate surface area is 108 Å². The van der Waals surface area contributed by atoms with Crippen molar-refractivity contribution in [3.8, 4) is 6.07 Å². The van der Waals surface area contributed by atoms with Crippen molar-refractivity contribution in [1.82, 2.24) is 10.3 Å². The van der Waals surface area contributed by atoms with E-state index in [1.54, 1.807) is 6.20 Å². The van der Waals surface area contributed by atoms with Crippen LogP contribution in [0.1, 0.15) is 30.5 Å². The van der Waals surface area contributed by atoms with Gasteiger partial charge in [0.05, 0.1) is 0 Å². The lowest BCUT2D eigenvalue weighted by Gasteiger charge is -2.04. The number of hydrogen-bond acceptors (Lipinski definition) is 4. The molecule has 1 aromatic rings. The summed E-state index contributed by atoms with van der Waals surface area (Å²) in [6, 6.07) is 5.83. The summed E-state index contributed by atoms with van der Waals surface area (Å²) in [5.41, 5.74) is 1.62. The lowest BCUT2D eigenvalue weighted by Crippen LogP contribution is -2.14. The Morgan fingerprint density at radius 2 is 2.29 bits per heavy atom. The highest BCUT2D eigenvalue weighted by molar-refractivity contribution is 7.98.